The van der Waals surface area contributed by atoms with Gasteiger partial charge in [-0.25, -0.2) is 9.97 Å². The fourth-order valence-electron chi connectivity index (χ4n) is 4.96. The van der Waals surface area contributed by atoms with Crippen LogP contribution in [0.5, 0.6) is 5.75 Å². The molecule has 1 atom stereocenters. The van der Waals surface area contributed by atoms with E-state index in [1.807, 2.05) is 26.8 Å². The van der Waals surface area contributed by atoms with Gasteiger partial charge in [0.2, 0.25) is 0 Å². The molecule has 35 heavy (non-hydrogen) atoms. The Balaban J connectivity index is 1.52. The van der Waals surface area contributed by atoms with Gasteiger partial charge in [-0.2, -0.15) is 0 Å². The Morgan fingerprint density at radius 3 is 2.66 bits per heavy atom. The van der Waals surface area contributed by atoms with Crippen LogP contribution in [0.1, 0.15) is 42.7 Å². The van der Waals surface area contributed by atoms with Crippen LogP contribution in [0.4, 0.5) is 5.82 Å². The quantitative estimate of drug-likeness (QED) is 0.391. The monoisotopic (exact) mass is 497 g/mol. The molecule has 0 radical (unpaired) electrons. The molecule has 0 bridgehead atoms. The van der Waals surface area contributed by atoms with Crippen molar-refractivity contribution in [3.63, 3.8) is 0 Å². The summed E-state index contributed by atoms with van der Waals surface area (Å²) in [5.41, 5.74) is 4.64. The summed E-state index contributed by atoms with van der Waals surface area (Å²) in [5, 5.41) is 21.3. The summed E-state index contributed by atoms with van der Waals surface area (Å²) in [6.45, 7) is 6.45. The van der Waals surface area contributed by atoms with E-state index in [4.69, 9.17) is 30.8 Å². The van der Waals surface area contributed by atoms with Gasteiger partial charge in [0.1, 0.15) is 30.0 Å². The molecular formula is C26H32ClN5O3. The summed E-state index contributed by atoms with van der Waals surface area (Å²) in [6.07, 6.45) is 4.44. The summed E-state index contributed by atoms with van der Waals surface area (Å²) in [4.78, 5) is 9.85. The van der Waals surface area contributed by atoms with E-state index in [0.717, 1.165) is 28.3 Å². The van der Waals surface area contributed by atoms with Crippen molar-refractivity contribution in [1.29, 1.82) is 0 Å². The number of aryl methyl sites for hydroxylation is 2. The van der Waals surface area contributed by atoms with Crippen molar-refractivity contribution in [3.8, 4) is 28.4 Å². The second kappa shape index (κ2) is 9.41. The van der Waals surface area contributed by atoms with Crippen LogP contribution in [-0.2, 0) is 0 Å². The Morgan fingerprint density at radius 2 is 2.00 bits per heavy atom. The standard InChI is InChI=1S/C26H32ClN5O3/c1-14-23(22-15(2)32-35-16(22)3)30-25(31-24(14)29-17-10-26(11-17)7-8-26)20-9-19(5-6-21(20)27)34-13-18(33)12-28-4/h5-6,9,17-18,28,33H,7-8,10-13H2,1-4H3,(H,29,30,31). The molecule has 186 valence electrons. The van der Waals surface area contributed by atoms with Crippen LogP contribution < -0.4 is 15.4 Å². The highest BCUT2D eigenvalue weighted by molar-refractivity contribution is 6.33. The van der Waals surface area contributed by atoms with Crippen molar-refractivity contribution in [2.75, 3.05) is 25.5 Å². The average Bonchev–Trinajstić information content (AvgIpc) is 3.53. The Bertz CT molecular complexity index is 1210. The first kappa shape index (κ1) is 24.0. The van der Waals surface area contributed by atoms with E-state index in [-0.39, 0.29) is 6.61 Å². The first-order valence-corrected chi connectivity index (χ1v) is 12.5. The molecule has 9 heteroatoms. The van der Waals surface area contributed by atoms with Crippen LogP contribution >= 0.6 is 11.6 Å². The zero-order valence-electron chi connectivity index (χ0n) is 20.6. The second-order valence-electron chi connectivity index (χ2n) is 9.98. The van der Waals surface area contributed by atoms with Gasteiger partial charge in [-0.1, -0.05) is 16.8 Å². The van der Waals surface area contributed by atoms with Crippen molar-refractivity contribution >= 4 is 17.4 Å². The molecule has 0 aliphatic heterocycles. The summed E-state index contributed by atoms with van der Waals surface area (Å²) < 4.78 is 11.3. The molecule has 2 aliphatic carbocycles. The lowest BCUT2D eigenvalue weighted by molar-refractivity contribution is 0.108. The van der Waals surface area contributed by atoms with E-state index < -0.39 is 6.10 Å². The number of ether oxygens (including phenoxy) is 1. The number of aliphatic hydroxyl groups is 1. The van der Waals surface area contributed by atoms with Crippen LogP contribution in [0.25, 0.3) is 22.6 Å². The molecule has 1 unspecified atom stereocenters. The maximum atomic E-state index is 10.0. The highest BCUT2D eigenvalue weighted by Gasteiger charge is 2.53. The van der Waals surface area contributed by atoms with Gasteiger partial charge < -0.3 is 25.0 Å². The van der Waals surface area contributed by atoms with Gasteiger partial charge in [0, 0.05) is 23.7 Å². The van der Waals surface area contributed by atoms with Crippen molar-refractivity contribution < 1.29 is 14.4 Å². The summed E-state index contributed by atoms with van der Waals surface area (Å²) in [6, 6.07) is 5.79. The van der Waals surface area contributed by atoms with Crippen LogP contribution in [0.2, 0.25) is 5.02 Å². The van der Waals surface area contributed by atoms with Gasteiger partial charge in [0.05, 0.1) is 22.0 Å². The smallest absolute Gasteiger partial charge is 0.163 e. The minimum Gasteiger partial charge on any atom is -0.491 e. The van der Waals surface area contributed by atoms with Crippen LogP contribution in [-0.4, -0.2) is 52.6 Å². The van der Waals surface area contributed by atoms with Crippen LogP contribution in [0, 0.1) is 26.2 Å². The number of hydrogen-bond acceptors (Lipinski definition) is 8. The Kier molecular flexibility index (Phi) is 6.46. The van der Waals surface area contributed by atoms with Gasteiger partial charge in [-0.15, -0.1) is 0 Å². The number of likely N-dealkylation sites (N-methyl/N-ethyl adjacent to an activating group) is 1. The van der Waals surface area contributed by atoms with E-state index in [9.17, 15) is 5.11 Å². The van der Waals surface area contributed by atoms with Crippen molar-refractivity contribution in [3.05, 3.63) is 40.2 Å². The van der Waals surface area contributed by atoms with Crippen molar-refractivity contribution in [1.82, 2.24) is 20.4 Å². The number of aromatic nitrogens is 3. The zero-order chi connectivity index (χ0) is 24.7. The fraction of sp³-hybridized carbons (Fsp3) is 0.500. The molecule has 1 spiro atoms. The third-order valence-corrected chi connectivity index (χ3v) is 7.46. The maximum Gasteiger partial charge on any atom is 0.163 e. The van der Waals surface area contributed by atoms with Gasteiger partial charge in [-0.05, 0) is 77.1 Å². The first-order chi connectivity index (χ1) is 16.8. The minimum atomic E-state index is -0.617. The van der Waals surface area contributed by atoms with Crippen molar-refractivity contribution in [2.45, 2.75) is 58.6 Å². The molecule has 1 aromatic carbocycles. The molecule has 2 aromatic heterocycles. The number of anilines is 1. The minimum absolute atomic E-state index is 0.164. The lowest BCUT2D eigenvalue weighted by Crippen LogP contribution is -2.37. The Hall–Kier alpha value is -2.68. The summed E-state index contributed by atoms with van der Waals surface area (Å²) >= 11 is 6.62. The topological polar surface area (TPSA) is 105 Å². The van der Waals surface area contributed by atoms with Gasteiger partial charge >= 0.3 is 0 Å². The maximum absolute atomic E-state index is 10.0. The van der Waals surface area contributed by atoms with E-state index in [2.05, 4.69) is 15.8 Å². The number of halogens is 1. The van der Waals surface area contributed by atoms with Crippen LogP contribution in [0.15, 0.2) is 22.7 Å². The predicted octanol–water partition coefficient (Wildman–Crippen LogP) is 4.69. The molecular weight excluding hydrogens is 466 g/mol. The third-order valence-electron chi connectivity index (χ3n) is 7.13. The third kappa shape index (κ3) is 4.87. The van der Waals surface area contributed by atoms with Crippen molar-refractivity contribution in [2.24, 2.45) is 5.41 Å². The Morgan fingerprint density at radius 1 is 1.23 bits per heavy atom. The lowest BCUT2D eigenvalue weighted by atomic mass is 9.77. The number of hydrogen-bond donors (Lipinski definition) is 3. The second-order valence-corrected chi connectivity index (χ2v) is 10.4. The predicted molar refractivity (Wildman–Crippen MR) is 136 cm³/mol. The number of nitrogens with zero attached hydrogens (tertiary/aromatic N) is 3. The molecule has 0 saturated heterocycles. The van der Waals surface area contributed by atoms with E-state index in [1.54, 1.807) is 19.2 Å². The lowest BCUT2D eigenvalue weighted by Gasteiger charge is -2.37. The molecule has 2 heterocycles. The van der Waals surface area contributed by atoms with E-state index in [0.29, 0.717) is 45.9 Å². The molecule has 2 aliphatic rings. The highest BCUT2D eigenvalue weighted by atomic mass is 35.5. The average molecular weight is 498 g/mol. The van der Waals surface area contributed by atoms with Gasteiger partial charge in [0.25, 0.3) is 0 Å². The molecule has 5 rings (SSSR count). The molecule has 2 saturated carbocycles. The van der Waals surface area contributed by atoms with Crippen LogP contribution in [0.3, 0.4) is 0 Å². The number of aliphatic hydroxyl groups excluding tert-OH is 1. The summed E-state index contributed by atoms with van der Waals surface area (Å²) in [5.74, 6) is 2.60. The Labute approximate surface area is 210 Å². The number of nitrogens with one attached hydrogen (secondary N) is 2. The molecule has 3 N–H and O–H groups in total. The van der Waals surface area contributed by atoms with Gasteiger partial charge in [-0.3, -0.25) is 0 Å². The highest BCUT2D eigenvalue weighted by Crippen LogP contribution is 2.61. The zero-order valence-corrected chi connectivity index (χ0v) is 21.4. The molecule has 8 nitrogen and oxygen atoms in total. The normalized spacial score (nSPS) is 17.3. The van der Waals surface area contributed by atoms with E-state index in [1.165, 1.54) is 25.7 Å². The van der Waals surface area contributed by atoms with E-state index >= 15 is 0 Å². The molecule has 2 fully saturated rings. The number of rotatable bonds is 9. The SMILES string of the molecule is CNCC(O)COc1ccc(Cl)c(-c2nc(NC3CC4(CC4)C3)c(C)c(-c3c(C)noc3C)n2)c1. The molecule has 0 amide bonds. The van der Waals surface area contributed by atoms with Gasteiger partial charge in [0.15, 0.2) is 5.82 Å². The number of benzene rings is 1. The summed E-state index contributed by atoms with van der Waals surface area (Å²) in [7, 11) is 1.79. The largest absolute Gasteiger partial charge is 0.491 e. The first-order valence-electron chi connectivity index (χ1n) is 12.1. The fourth-order valence-corrected chi connectivity index (χ4v) is 5.16. The molecule has 3 aromatic rings.